The van der Waals surface area contributed by atoms with Crippen molar-refractivity contribution in [2.75, 3.05) is 13.1 Å². The Morgan fingerprint density at radius 2 is 1.94 bits per heavy atom. The molecule has 1 fully saturated rings. The first-order valence-electron chi connectivity index (χ1n) is 7.36. The zero-order valence-electron chi connectivity index (χ0n) is 12.4. The molecule has 0 bridgehead atoms. The second kappa shape index (κ2) is 7.13. The van der Waals surface area contributed by atoms with Gasteiger partial charge in [0.1, 0.15) is 0 Å². The molecule has 3 nitrogen and oxygen atoms in total. The summed E-state index contributed by atoms with van der Waals surface area (Å²) in [6.45, 7) is 10.0. The van der Waals surface area contributed by atoms with Gasteiger partial charge in [-0.1, -0.05) is 40.5 Å². The molecule has 0 aromatic heterocycles. The van der Waals surface area contributed by atoms with Gasteiger partial charge >= 0.3 is 5.97 Å². The molecule has 0 heterocycles. The third-order valence-corrected chi connectivity index (χ3v) is 4.08. The predicted octanol–water partition coefficient (Wildman–Crippen LogP) is 3.24. The van der Waals surface area contributed by atoms with E-state index < -0.39 is 5.97 Å². The van der Waals surface area contributed by atoms with E-state index in [2.05, 4.69) is 32.6 Å². The van der Waals surface area contributed by atoms with Crippen LogP contribution >= 0.6 is 0 Å². The van der Waals surface area contributed by atoms with Crippen molar-refractivity contribution in [3.8, 4) is 0 Å². The Morgan fingerprint density at radius 3 is 2.44 bits per heavy atom. The molecule has 1 aliphatic carbocycles. The lowest BCUT2D eigenvalue weighted by atomic mass is 9.78. The van der Waals surface area contributed by atoms with Crippen molar-refractivity contribution in [1.82, 2.24) is 4.90 Å². The fraction of sp³-hybridized carbons (Fsp3) is 0.933. The SMILES string of the molecule is CC(C)CN(CC(=O)O)C1CCCC(C(C)C)C1. The molecule has 18 heavy (non-hydrogen) atoms. The van der Waals surface area contributed by atoms with E-state index in [9.17, 15) is 4.79 Å². The normalized spacial score (nSPS) is 25.1. The molecule has 2 atom stereocenters. The van der Waals surface area contributed by atoms with E-state index in [1.165, 1.54) is 25.7 Å². The van der Waals surface area contributed by atoms with Gasteiger partial charge in [-0.05, 0) is 30.6 Å². The van der Waals surface area contributed by atoms with E-state index >= 15 is 0 Å². The second-order valence-electron chi connectivity index (χ2n) is 6.54. The number of carbonyl (C=O) groups is 1. The summed E-state index contributed by atoms with van der Waals surface area (Å²) in [5.74, 6) is 1.33. The first-order valence-corrected chi connectivity index (χ1v) is 7.36. The van der Waals surface area contributed by atoms with Crippen molar-refractivity contribution in [2.45, 2.75) is 59.4 Å². The molecule has 106 valence electrons. The van der Waals surface area contributed by atoms with Crippen LogP contribution in [-0.4, -0.2) is 35.1 Å². The maximum absolute atomic E-state index is 11.0. The Kier molecular flexibility index (Phi) is 6.13. The van der Waals surface area contributed by atoms with E-state index in [1.54, 1.807) is 0 Å². The summed E-state index contributed by atoms with van der Waals surface area (Å²) in [7, 11) is 0. The Hall–Kier alpha value is -0.570. The lowest BCUT2D eigenvalue weighted by molar-refractivity contribution is -0.139. The van der Waals surface area contributed by atoms with Gasteiger partial charge < -0.3 is 5.11 Å². The minimum absolute atomic E-state index is 0.202. The zero-order valence-corrected chi connectivity index (χ0v) is 12.4. The number of carboxylic acids is 1. The van der Waals surface area contributed by atoms with Gasteiger partial charge in [-0.2, -0.15) is 0 Å². The first-order chi connectivity index (χ1) is 8.40. The lowest BCUT2D eigenvalue weighted by Crippen LogP contribution is -2.44. The van der Waals surface area contributed by atoms with Crippen LogP contribution in [-0.2, 0) is 4.79 Å². The fourth-order valence-electron chi connectivity index (χ4n) is 3.12. The Balaban J connectivity index is 2.62. The summed E-state index contributed by atoms with van der Waals surface area (Å²) in [5, 5.41) is 9.06. The Labute approximate surface area is 112 Å². The third kappa shape index (κ3) is 4.97. The van der Waals surface area contributed by atoms with Crippen LogP contribution in [0.25, 0.3) is 0 Å². The van der Waals surface area contributed by atoms with Gasteiger partial charge in [0.05, 0.1) is 6.54 Å². The summed E-state index contributed by atoms with van der Waals surface area (Å²) in [6.07, 6.45) is 4.92. The molecular weight excluding hydrogens is 226 g/mol. The van der Waals surface area contributed by atoms with Crippen molar-refractivity contribution in [1.29, 1.82) is 0 Å². The number of hydrogen-bond acceptors (Lipinski definition) is 2. The van der Waals surface area contributed by atoms with E-state index in [0.29, 0.717) is 12.0 Å². The molecule has 3 heteroatoms. The highest BCUT2D eigenvalue weighted by Gasteiger charge is 2.29. The third-order valence-electron chi connectivity index (χ3n) is 4.08. The molecule has 0 radical (unpaired) electrons. The van der Waals surface area contributed by atoms with Crippen LogP contribution in [0, 0.1) is 17.8 Å². The molecule has 0 aromatic carbocycles. The van der Waals surface area contributed by atoms with Gasteiger partial charge in [-0.15, -0.1) is 0 Å². The average Bonchev–Trinajstić information content (AvgIpc) is 2.27. The highest BCUT2D eigenvalue weighted by molar-refractivity contribution is 5.69. The smallest absolute Gasteiger partial charge is 0.317 e. The molecule has 1 saturated carbocycles. The molecule has 0 aromatic rings. The van der Waals surface area contributed by atoms with Gasteiger partial charge in [0, 0.05) is 12.6 Å². The molecule has 1 N–H and O–H groups in total. The van der Waals surface area contributed by atoms with Crippen LogP contribution in [0.5, 0.6) is 0 Å². The topological polar surface area (TPSA) is 40.5 Å². The minimum Gasteiger partial charge on any atom is -0.480 e. The van der Waals surface area contributed by atoms with Crippen molar-refractivity contribution in [3.05, 3.63) is 0 Å². The maximum atomic E-state index is 11.0. The quantitative estimate of drug-likeness (QED) is 0.792. The van der Waals surface area contributed by atoms with Crippen LogP contribution in [0.4, 0.5) is 0 Å². The molecule has 2 unspecified atom stereocenters. The van der Waals surface area contributed by atoms with Gasteiger partial charge in [-0.3, -0.25) is 9.69 Å². The maximum Gasteiger partial charge on any atom is 0.317 e. The summed E-state index contributed by atoms with van der Waals surface area (Å²) in [5.41, 5.74) is 0. The van der Waals surface area contributed by atoms with E-state index in [-0.39, 0.29) is 6.54 Å². The molecule has 1 rings (SSSR count). The van der Waals surface area contributed by atoms with Crippen molar-refractivity contribution < 1.29 is 9.90 Å². The molecule has 0 amide bonds. The fourth-order valence-corrected chi connectivity index (χ4v) is 3.12. The Morgan fingerprint density at radius 1 is 1.28 bits per heavy atom. The zero-order chi connectivity index (χ0) is 13.7. The summed E-state index contributed by atoms with van der Waals surface area (Å²) < 4.78 is 0. The van der Waals surface area contributed by atoms with E-state index in [4.69, 9.17) is 5.11 Å². The van der Waals surface area contributed by atoms with Crippen LogP contribution in [0.1, 0.15) is 53.4 Å². The van der Waals surface area contributed by atoms with E-state index in [1.807, 2.05) is 0 Å². The second-order valence-corrected chi connectivity index (χ2v) is 6.54. The van der Waals surface area contributed by atoms with Crippen LogP contribution in [0.2, 0.25) is 0 Å². The highest BCUT2D eigenvalue weighted by atomic mass is 16.4. The van der Waals surface area contributed by atoms with Crippen molar-refractivity contribution >= 4 is 5.97 Å². The van der Waals surface area contributed by atoms with Gasteiger partial charge in [0.25, 0.3) is 0 Å². The number of rotatable bonds is 6. The molecule has 0 aliphatic heterocycles. The van der Waals surface area contributed by atoms with Gasteiger partial charge in [-0.25, -0.2) is 0 Å². The number of nitrogens with zero attached hydrogens (tertiary/aromatic N) is 1. The number of aliphatic carboxylic acids is 1. The predicted molar refractivity (Wildman–Crippen MR) is 74.6 cm³/mol. The highest BCUT2D eigenvalue weighted by Crippen LogP contribution is 2.32. The minimum atomic E-state index is -0.692. The van der Waals surface area contributed by atoms with Crippen LogP contribution < -0.4 is 0 Å². The summed E-state index contributed by atoms with van der Waals surface area (Å²) in [6, 6.07) is 0.477. The monoisotopic (exact) mass is 255 g/mol. The molecular formula is C15H29NO2. The molecule has 1 aliphatic rings. The van der Waals surface area contributed by atoms with E-state index in [0.717, 1.165) is 18.4 Å². The van der Waals surface area contributed by atoms with Crippen LogP contribution in [0.3, 0.4) is 0 Å². The first kappa shape index (κ1) is 15.5. The summed E-state index contributed by atoms with van der Waals surface area (Å²) >= 11 is 0. The molecule has 0 saturated heterocycles. The van der Waals surface area contributed by atoms with Gasteiger partial charge in [0.2, 0.25) is 0 Å². The Bertz CT molecular complexity index is 263. The van der Waals surface area contributed by atoms with Crippen LogP contribution in [0.15, 0.2) is 0 Å². The van der Waals surface area contributed by atoms with Gasteiger partial charge in [0.15, 0.2) is 0 Å². The lowest BCUT2D eigenvalue weighted by Gasteiger charge is -2.39. The van der Waals surface area contributed by atoms with Crippen molar-refractivity contribution in [2.24, 2.45) is 17.8 Å². The summed E-state index contributed by atoms with van der Waals surface area (Å²) in [4.78, 5) is 13.2. The molecule has 0 spiro atoms. The largest absolute Gasteiger partial charge is 0.480 e. The van der Waals surface area contributed by atoms with Crippen molar-refractivity contribution in [3.63, 3.8) is 0 Å². The standard InChI is InChI=1S/C15H29NO2/c1-11(2)9-16(10-15(17)18)14-7-5-6-13(8-14)12(3)4/h11-14H,5-10H2,1-4H3,(H,17,18). The average molecular weight is 255 g/mol. The number of hydrogen-bond donors (Lipinski definition) is 1. The number of carboxylic acid groups (broad SMARTS) is 1.